The lowest BCUT2D eigenvalue weighted by Gasteiger charge is -2.03. The van der Waals surface area contributed by atoms with Crippen LogP contribution in [0.4, 0.5) is 0 Å². The Labute approximate surface area is 68.9 Å². The van der Waals surface area contributed by atoms with Crippen molar-refractivity contribution in [3.8, 4) is 0 Å². The molecule has 0 aromatic heterocycles. The summed E-state index contributed by atoms with van der Waals surface area (Å²) >= 11 is 0. The second kappa shape index (κ2) is 7.73. The van der Waals surface area contributed by atoms with Crippen LogP contribution in [0, 0.1) is 12.5 Å². The van der Waals surface area contributed by atoms with Crippen LogP contribution in [0.25, 0.3) is 0 Å². The van der Waals surface area contributed by atoms with Gasteiger partial charge in [0.1, 0.15) is 6.29 Å². The quantitative estimate of drug-likeness (QED) is 0.418. The van der Waals surface area contributed by atoms with Crippen LogP contribution in [0.5, 0.6) is 0 Å². The summed E-state index contributed by atoms with van der Waals surface area (Å²) in [7, 11) is 0. The van der Waals surface area contributed by atoms with Gasteiger partial charge in [-0.1, -0.05) is 20.3 Å². The largest absolute Gasteiger partial charge is 0.375 e. The molecular weight excluding hydrogens is 140 g/mol. The van der Waals surface area contributed by atoms with E-state index in [0.717, 1.165) is 32.2 Å². The molecule has 2 nitrogen and oxygen atoms in total. The first-order valence-corrected chi connectivity index (χ1v) is 4.19. The highest BCUT2D eigenvalue weighted by Gasteiger charge is 1.98. The Morgan fingerprint density at radius 1 is 1.55 bits per heavy atom. The molecule has 0 heterocycles. The van der Waals surface area contributed by atoms with Gasteiger partial charge in [0.2, 0.25) is 0 Å². The smallest absolute Gasteiger partial charge is 0.122 e. The van der Waals surface area contributed by atoms with Crippen molar-refractivity contribution in [3.63, 3.8) is 0 Å². The second-order valence-corrected chi connectivity index (χ2v) is 2.74. The fourth-order valence-electron chi connectivity index (χ4n) is 0.586. The Hall–Kier alpha value is -0.370. The third-order valence-electron chi connectivity index (χ3n) is 1.43. The van der Waals surface area contributed by atoms with Gasteiger partial charge in [-0.15, -0.1) is 0 Å². The van der Waals surface area contributed by atoms with E-state index in [2.05, 4.69) is 6.92 Å². The Morgan fingerprint density at radius 3 is 2.82 bits per heavy atom. The van der Waals surface area contributed by atoms with Crippen molar-refractivity contribution in [2.24, 2.45) is 5.92 Å². The molecule has 1 atom stereocenters. The fraction of sp³-hybridized carbons (Fsp3) is 0.778. The molecule has 11 heavy (non-hydrogen) atoms. The van der Waals surface area contributed by atoms with E-state index < -0.39 is 0 Å². The molecule has 0 N–H and O–H groups in total. The molecule has 0 amide bonds. The molecule has 0 aromatic carbocycles. The maximum absolute atomic E-state index is 10.1. The molecule has 0 spiro atoms. The van der Waals surface area contributed by atoms with Crippen molar-refractivity contribution in [3.05, 3.63) is 6.61 Å². The minimum Gasteiger partial charge on any atom is -0.375 e. The molecule has 0 aromatic rings. The summed E-state index contributed by atoms with van der Waals surface area (Å²) in [6.45, 7) is 6.51. The first-order valence-electron chi connectivity index (χ1n) is 4.19. The van der Waals surface area contributed by atoms with Gasteiger partial charge < -0.3 is 9.53 Å². The standard InChI is InChI=1S/C9H17O2/c1-3-4-6-11-7-5-9(2)8-10/h7-9H,3-6H2,1-2H3. The monoisotopic (exact) mass is 157 g/mol. The van der Waals surface area contributed by atoms with Gasteiger partial charge >= 0.3 is 0 Å². The maximum atomic E-state index is 10.1. The Kier molecular flexibility index (Phi) is 7.47. The van der Waals surface area contributed by atoms with E-state index in [1.807, 2.05) is 6.92 Å². The summed E-state index contributed by atoms with van der Waals surface area (Å²) in [5.41, 5.74) is 0. The van der Waals surface area contributed by atoms with E-state index >= 15 is 0 Å². The summed E-state index contributed by atoms with van der Waals surface area (Å²) in [6, 6.07) is 0. The summed E-state index contributed by atoms with van der Waals surface area (Å²) in [6.07, 6.45) is 3.91. The van der Waals surface area contributed by atoms with Gasteiger partial charge in [0.15, 0.2) is 0 Å². The molecule has 0 aliphatic rings. The Balaban J connectivity index is 2.95. The lowest BCUT2D eigenvalue weighted by molar-refractivity contribution is -0.110. The number of carbonyl (C=O) groups is 1. The summed E-state index contributed by atoms with van der Waals surface area (Å²) in [5.74, 6) is 0.0941. The van der Waals surface area contributed by atoms with Crippen LogP contribution < -0.4 is 0 Å². The molecule has 0 saturated heterocycles. The van der Waals surface area contributed by atoms with Crippen molar-refractivity contribution in [2.45, 2.75) is 33.1 Å². The van der Waals surface area contributed by atoms with Crippen molar-refractivity contribution in [2.75, 3.05) is 6.61 Å². The van der Waals surface area contributed by atoms with Gasteiger partial charge in [0.05, 0.1) is 6.61 Å². The predicted molar refractivity (Wildman–Crippen MR) is 45.0 cm³/mol. The van der Waals surface area contributed by atoms with E-state index in [1.54, 1.807) is 6.61 Å². The number of ether oxygens (including phenoxy) is 1. The molecule has 0 rings (SSSR count). The minimum atomic E-state index is 0.0941. The molecule has 65 valence electrons. The van der Waals surface area contributed by atoms with Crippen LogP contribution in [-0.4, -0.2) is 12.9 Å². The number of hydrogen-bond donors (Lipinski definition) is 0. The average molecular weight is 157 g/mol. The SMILES string of the molecule is CCCCO[CH]CC(C)C=O. The van der Waals surface area contributed by atoms with E-state index in [-0.39, 0.29) is 5.92 Å². The topological polar surface area (TPSA) is 26.3 Å². The molecule has 0 aliphatic carbocycles. The van der Waals surface area contributed by atoms with Crippen molar-refractivity contribution < 1.29 is 9.53 Å². The third-order valence-corrected chi connectivity index (χ3v) is 1.43. The molecule has 1 unspecified atom stereocenters. The first kappa shape index (κ1) is 10.6. The molecule has 0 aliphatic heterocycles. The molecule has 0 bridgehead atoms. The molecular formula is C9H17O2. The van der Waals surface area contributed by atoms with Gasteiger partial charge in [-0.2, -0.15) is 0 Å². The number of aldehydes is 1. The van der Waals surface area contributed by atoms with Gasteiger partial charge in [0.25, 0.3) is 0 Å². The van der Waals surface area contributed by atoms with E-state index in [9.17, 15) is 4.79 Å². The number of unbranched alkanes of at least 4 members (excludes halogenated alkanes) is 1. The van der Waals surface area contributed by atoms with Crippen LogP contribution in [0.2, 0.25) is 0 Å². The molecule has 0 fully saturated rings. The second-order valence-electron chi connectivity index (χ2n) is 2.74. The fourth-order valence-corrected chi connectivity index (χ4v) is 0.586. The van der Waals surface area contributed by atoms with Gasteiger partial charge in [-0.05, 0) is 12.8 Å². The van der Waals surface area contributed by atoms with Crippen LogP contribution >= 0.6 is 0 Å². The number of hydrogen-bond acceptors (Lipinski definition) is 2. The van der Waals surface area contributed by atoms with Gasteiger partial charge in [-0.3, -0.25) is 0 Å². The average Bonchev–Trinajstić information content (AvgIpc) is 2.04. The normalized spacial score (nSPS) is 12.9. The Bertz CT molecular complexity index is 91.6. The van der Waals surface area contributed by atoms with Crippen LogP contribution in [0.1, 0.15) is 33.1 Å². The van der Waals surface area contributed by atoms with Gasteiger partial charge in [-0.25, -0.2) is 0 Å². The highest BCUT2D eigenvalue weighted by atomic mass is 16.5. The Morgan fingerprint density at radius 2 is 2.27 bits per heavy atom. The van der Waals surface area contributed by atoms with Crippen LogP contribution in [-0.2, 0) is 9.53 Å². The summed E-state index contributed by atoms with van der Waals surface area (Å²) in [4.78, 5) is 10.1. The summed E-state index contributed by atoms with van der Waals surface area (Å²) in [5, 5.41) is 0. The van der Waals surface area contributed by atoms with E-state index in [1.165, 1.54) is 0 Å². The number of rotatable bonds is 7. The maximum Gasteiger partial charge on any atom is 0.122 e. The van der Waals surface area contributed by atoms with Crippen molar-refractivity contribution >= 4 is 6.29 Å². The van der Waals surface area contributed by atoms with Gasteiger partial charge in [0, 0.05) is 12.5 Å². The lowest BCUT2D eigenvalue weighted by atomic mass is 10.1. The lowest BCUT2D eigenvalue weighted by Crippen LogP contribution is -1.99. The summed E-state index contributed by atoms with van der Waals surface area (Å²) < 4.78 is 5.16. The highest BCUT2D eigenvalue weighted by Crippen LogP contribution is 2.02. The van der Waals surface area contributed by atoms with Crippen molar-refractivity contribution in [1.82, 2.24) is 0 Å². The minimum absolute atomic E-state index is 0.0941. The van der Waals surface area contributed by atoms with Crippen LogP contribution in [0.15, 0.2) is 0 Å². The zero-order valence-electron chi connectivity index (χ0n) is 7.38. The molecule has 0 saturated carbocycles. The zero-order valence-corrected chi connectivity index (χ0v) is 7.38. The highest BCUT2D eigenvalue weighted by molar-refractivity contribution is 5.52. The molecule has 1 radical (unpaired) electrons. The zero-order chi connectivity index (χ0) is 8.53. The van der Waals surface area contributed by atoms with Crippen molar-refractivity contribution in [1.29, 1.82) is 0 Å². The van der Waals surface area contributed by atoms with Crippen LogP contribution in [0.3, 0.4) is 0 Å². The molecule has 2 heteroatoms. The van der Waals surface area contributed by atoms with E-state index in [4.69, 9.17) is 4.74 Å². The third kappa shape index (κ3) is 7.53. The number of carbonyl (C=O) groups excluding carboxylic acids is 1. The van der Waals surface area contributed by atoms with E-state index in [0.29, 0.717) is 0 Å². The predicted octanol–water partition coefficient (Wildman–Crippen LogP) is 2.19. The first-order chi connectivity index (χ1) is 5.31.